The van der Waals surface area contributed by atoms with Crippen LogP contribution < -0.4 is 19.5 Å². The molecule has 0 fully saturated rings. The predicted octanol–water partition coefficient (Wildman–Crippen LogP) is 3.82. The van der Waals surface area contributed by atoms with E-state index in [1.807, 2.05) is 30.3 Å². The molecule has 0 aromatic heterocycles. The van der Waals surface area contributed by atoms with Crippen molar-refractivity contribution in [3.05, 3.63) is 53.1 Å². The van der Waals surface area contributed by atoms with Crippen LogP contribution in [-0.4, -0.2) is 27.2 Å². The van der Waals surface area contributed by atoms with Crippen LogP contribution in [0.5, 0.6) is 17.2 Å². The molecule has 0 saturated heterocycles. The Morgan fingerprint density at radius 3 is 2.11 bits per heavy atom. The summed E-state index contributed by atoms with van der Waals surface area (Å²) in [7, 11) is 4.51. The largest absolute Gasteiger partial charge is 0.493 e. The molecule has 0 bridgehead atoms. The minimum absolute atomic E-state index is 0.0381. The highest BCUT2D eigenvalue weighted by Crippen LogP contribution is 2.38. The number of anilines is 1. The third-order valence-electron chi connectivity index (χ3n) is 3.98. The van der Waals surface area contributed by atoms with E-state index >= 15 is 0 Å². The van der Waals surface area contributed by atoms with Gasteiger partial charge in [-0.3, -0.25) is 4.79 Å². The van der Waals surface area contributed by atoms with Crippen molar-refractivity contribution < 1.29 is 19.0 Å². The van der Waals surface area contributed by atoms with Gasteiger partial charge in [0.25, 0.3) is 5.91 Å². The summed E-state index contributed by atoms with van der Waals surface area (Å²) in [5.74, 6) is 0.832. The average molecular weight is 366 g/mol. The molecule has 0 atom stereocenters. The van der Waals surface area contributed by atoms with Crippen molar-refractivity contribution in [1.82, 2.24) is 0 Å². The lowest BCUT2D eigenvalue weighted by atomic mass is 10.1. The van der Waals surface area contributed by atoms with Crippen LogP contribution in [0.15, 0.2) is 42.0 Å². The normalized spacial score (nSPS) is 10.7. The van der Waals surface area contributed by atoms with Gasteiger partial charge in [-0.25, -0.2) is 0 Å². The number of aryl methyl sites for hydroxylation is 1. The van der Waals surface area contributed by atoms with Crippen molar-refractivity contribution in [3.63, 3.8) is 0 Å². The van der Waals surface area contributed by atoms with Gasteiger partial charge in [-0.1, -0.05) is 19.1 Å². The van der Waals surface area contributed by atoms with Crippen LogP contribution in [0, 0.1) is 11.3 Å². The number of ether oxygens (including phenoxy) is 3. The maximum Gasteiger partial charge on any atom is 0.266 e. The smallest absolute Gasteiger partial charge is 0.266 e. The lowest BCUT2D eigenvalue weighted by Gasteiger charge is -2.13. The minimum atomic E-state index is -0.490. The fraction of sp³-hybridized carbons (Fsp3) is 0.238. The molecule has 0 saturated carbocycles. The van der Waals surface area contributed by atoms with Crippen LogP contribution >= 0.6 is 0 Å². The first-order valence-electron chi connectivity index (χ1n) is 8.38. The SMILES string of the molecule is CCc1ccc(NC(=O)/C(C#N)=C/c2cc(OC)c(OC)c(OC)c2)cc1. The number of carbonyl (C=O) groups excluding carboxylic acids is 1. The molecule has 0 aliphatic rings. The number of rotatable bonds is 7. The molecule has 1 N–H and O–H groups in total. The molecule has 0 spiro atoms. The molecule has 2 rings (SSSR count). The summed E-state index contributed by atoms with van der Waals surface area (Å²) in [4.78, 5) is 12.4. The quantitative estimate of drug-likeness (QED) is 0.595. The highest BCUT2D eigenvalue weighted by atomic mass is 16.5. The second-order valence-corrected chi connectivity index (χ2v) is 5.63. The first-order chi connectivity index (χ1) is 13.1. The van der Waals surface area contributed by atoms with Crippen LogP contribution in [0.4, 0.5) is 5.69 Å². The molecule has 2 aromatic carbocycles. The fourth-order valence-electron chi connectivity index (χ4n) is 2.52. The van der Waals surface area contributed by atoms with Gasteiger partial charge < -0.3 is 19.5 Å². The topological polar surface area (TPSA) is 80.6 Å². The molecule has 6 heteroatoms. The van der Waals surface area contributed by atoms with Gasteiger partial charge in [0.2, 0.25) is 5.75 Å². The summed E-state index contributed by atoms with van der Waals surface area (Å²) >= 11 is 0. The van der Waals surface area contributed by atoms with Crippen molar-refractivity contribution in [2.75, 3.05) is 26.6 Å². The molecule has 0 aliphatic heterocycles. The first-order valence-corrected chi connectivity index (χ1v) is 8.38. The van der Waals surface area contributed by atoms with Gasteiger partial charge in [0.05, 0.1) is 21.3 Å². The molecular weight excluding hydrogens is 344 g/mol. The Kier molecular flexibility index (Phi) is 6.84. The second kappa shape index (κ2) is 9.30. The Balaban J connectivity index is 2.31. The number of nitrogens with zero attached hydrogens (tertiary/aromatic N) is 1. The number of methoxy groups -OCH3 is 3. The second-order valence-electron chi connectivity index (χ2n) is 5.63. The Hall–Kier alpha value is -3.46. The van der Waals surface area contributed by atoms with Crippen molar-refractivity contribution in [1.29, 1.82) is 5.26 Å². The van der Waals surface area contributed by atoms with Gasteiger partial charge in [0.1, 0.15) is 11.6 Å². The van der Waals surface area contributed by atoms with E-state index in [0.717, 1.165) is 6.42 Å². The zero-order valence-electron chi connectivity index (χ0n) is 15.8. The molecule has 27 heavy (non-hydrogen) atoms. The monoisotopic (exact) mass is 366 g/mol. The highest BCUT2D eigenvalue weighted by molar-refractivity contribution is 6.09. The van der Waals surface area contributed by atoms with Gasteiger partial charge in [-0.2, -0.15) is 5.26 Å². The number of nitriles is 1. The van der Waals surface area contributed by atoms with Gasteiger partial charge in [-0.15, -0.1) is 0 Å². The Labute approximate surface area is 159 Å². The number of hydrogen-bond donors (Lipinski definition) is 1. The van der Waals surface area contributed by atoms with E-state index in [0.29, 0.717) is 28.5 Å². The van der Waals surface area contributed by atoms with Crippen LogP contribution in [0.2, 0.25) is 0 Å². The molecule has 0 radical (unpaired) electrons. The van der Waals surface area contributed by atoms with Gasteiger partial charge in [-0.05, 0) is 47.9 Å². The summed E-state index contributed by atoms with van der Waals surface area (Å²) < 4.78 is 15.9. The van der Waals surface area contributed by atoms with Gasteiger partial charge >= 0.3 is 0 Å². The van der Waals surface area contributed by atoms with E-state index in [-0.39, 0.29) is 5.57 Å². The molecule has 140 valence electrons. The predicted molar refractivity (Wildman–Crippen MR) is 104 cm³/mol. The van der Waals surface area contributed by atoms with Crippen molar-refractivity contribution in [2.24, 2.45) is 0 Å². The maximum atomic E-state index is 12.4. The molecule has 0 unspecified atom stereocenters. The Bertz CT molecular complexity index is 855. The number of amides is 1. The third kappa shape index (κ3) is 4.79. The van der Waals surface area contributed by atoms with Crippen LogP contribution in [0.3, 0.4) is 0 Å². The fourth-order valence-corrected chi connectivity index (χ4v) is 2.52. The summed E-state index contributed by atoms with van der Waals surface area (Å²) in [6, 6.07) is 12.8. The molecule has 2 aromatic rings. The average Bonchev–Trinajstić information content (AvgIpc) is 2.71. The summed E-state index contributed by atoms with van der Waals surface area (Å²) in [5, 5.41) is 12.1. The molecule has 0 heterocycles. The van der Waals surface area contributed by atoms with Crippen molar-refractivity contribution in [3.8, 4) is 23.3 Å². The van der Waals surface area contributed by atoms with E-state index in [1.54, 1.807) is 12.1 Å². The lowest BCUT2D eigenvalue weighted by Crippen LogP contribution is -2.13. The van der Waals surface area contributed by atoms with Crippen LogP contribution in [0.1, 0.15) is 18.1 Å². The standard InChI is InChI=1S/C21H22N2O4/c1-5-14-6-8-17(9-7-14)23-21(24)16(13-22)10-15-11-18(25-2)20(27-4)19(12-15)26-3/h6-12H,5H2,1-4H3,(H,23,24)/b16-10+. The Morgan fingerprint density at radius 2 is 1.67 bits per heavy atom. The van der Waals surface area contributed by atoms with Gasteiger partial charge in [0.15, 0.2) is 11.5 Å². The van der Waals surface area contributed by atoms with E-state index in [2.05, 4.69) is 12.2 Å². The number of benzene rings is 2. The first kappa shape index (κ1) is 19.9. The zero-order chi connectivity index (χ0) is 19.8. The summed E-state index contributed by atoms with van der Waals surface area (Å²) in [6.45, 7) is 2.06. The summed E-state index contributed by atoms with van der Waals surface area (Å²) in [5.41, 5.74) is 2.34. The highest BCUT2D eigenvalue weighted by Gasteiger charge is 2.15. The Morgan fingerprint density at radius 1 is 1.07 bits per heavy atom. The minimum Gasteiger partial charge on any atom is -0.493 e. The van der Waals surface area contributed by atoms with E-state index < -0.39 is 5.91 Å². The van der Waals surface area contributed by atoms with E-state index in [4.69, 9.17) is 14.2 Å². The molecule has 6 nitrogen and oxygen atoms in total. The van der Waals surface area contributed by atoms with E-state index in [1.165, 1.54) is 33.0 Å². The van der Waals surface area contributed by atoms with Crippen molar-refractivity contribution >= 4 is 17.7 Å². The van der Waals surface area contributed by atoms with Gasteiger partial charge in [0, 0.05) is 5.69 Å². The molecule has 1 amide bonds. The number of hydrogen-bond acceptors (Lipinski definition) is 5. The summed E-state index contributed by atoms with van der Waals surface area (Å²) in [6.07, 6.45) is 2.39. The van der Waals surface area contributed by atoms with E-state index in [9.17, 15) is 10.1 Å². The maximum absolute atomic E-state index is 12.4. The number of nitrogens with one attached hydrogen (secondary N) is 1. The van der Waals surface area contributed by atoms with Crippen molar-refractivity contribution in [2.45, 2.75) is 13.3 Å². The molecule has 0 aliphatic carbocycles. The third-order valence-corrected chi connectivity index (χ3v) is 3.98. The lowest BCUT2D eigenvalue weighted by molar-refractivity contribution is -0.112. The van der Waals surface area contributed by atoms with Crippen LogP contribution in [-0.2, 0) is 11.2 Å². The number of carbonyl (C=O) groups is 1. The van der Waals surface area contributed by atoms with Crippen LogP contribution in [0.25, 0.3) is 6.08 Å². The molecular formula is C21H22N2O4. The zero-order valence-corrected chi connectivity index (χ0v) is 15.8.